The second kappa shape index (κ2) is 11.1. The van der Waals surface area contributed by atoms with Crippen LogP contribution in [0.1, 0.15) is 37.0 Å². The van der Waals surface area contributed by atoms with Gasteiger partial charge in [-0.25, -0.2) is 4.68 Å². The minimum absolute atomic E-state index is 0.337. The number of ether oxygens (including phenoxy) is 1. The number of carboxylic acid groups (broad SMARTS) is 1. The highest BCUT2D eigenvalue weighted by molar-refractivity contribution is 6.00. The minimum Gasteiger partial charge on any atom is -0.489 e. The molecule has 7 nitrogen and oxygen atoms in total. The van der Waals surface area contributed by atoms with Crippen molar-refractivity contribution in [3.8, 4) is 11.4 Å². The summed E-state index contributed by atoms with van der Waals surface area (Å²) in [5, 5.41) is 17.9. The number of carboxylic acids is 1. The molecule has 0 aliphatic rings. The number of nitrogens with zero attached hydrogens (tertiary/aromatic N) is 3. The molecule has 0 amide bonds. The van der Waals surface area contributed by atoms with Gasteiger partial charge < -0.3 is 14.7 Å². The topological polar surface area (TPSA) is 85.9 Å². The largest absolute Gasteiger partial charge is 0.489 e. The lowest BCUT2D eigenvalue weighted by Gasteiger charge is -2.12. The van der Waals surface area contributed by atoms with Gasteiger partial charge in [0.05, 0.1) is 17.6 Å². The maximum Gasteiger partial charge on any atom is 0.312 e. The van der Waals surface area contributed by atoms with Gasteiger partial charge in [-0.2, -0.15) is 5.10 Å². The summed E-state index contributed by atoms with van der Waals surface area (Å²) in [5.41, 5.74) is 4.51. The van der Waals surface area contributed by atoms with Crippen molar-refractivity contribution in [1.29, 1.82) is 0 Å². The van der Waals surface area contributed by atoms with Gasteiger partial charge in [0, 0.05) is 11.8 Å². The third kappa shape index (κ3) is 6.44. The van der Waals surface area contributed by atoms with E-state index in [1.165, 1.54) is 5.56 Å². The zero-order valence-electron chi connectivity index (χ0n) is 18.7. The molecule has 0 aliphatic carbocycles. The van der Waals surface area contributed by atoms with Crippen molar-refractivity contribution in [2.45, 2.75) is 40.2 Å². The zero-order chi connectivity index (χ0) is 22.9. The summed E-state index contributed by atoms with van der Waals surface area (Å²) in [6.45, 7) is 6.57. The van der Waals surface area contributed by atoms with Crippen LogP contribution in [0.4, 0.5) is 0 Å². The first-order valence-electron chi connectivity index (χ1n) is 10.7. The lowest BCUT2D eigenvalue weighted by Crippen LogP contribution is -2.24. The molecule has 0 spiro atoms. The predicted molar refractivity (Wildman–Crippen MR) is 123 cm³/mol. The Bertz CT molecular complexity index is 1040. The maximum atomic E-state index is 11.7. The molecule has 1 heterocycles. The number of carbonyl (C=O) groups is 1. The number of oxime groups is 1. The van der Waals surface area contributed by atoms with Crippen molar-refractivity contribution < 1.29 is 19.5 Å². The molecular weight excluding hydrogens is 406 g/mol. The SMILES string of the molecule is CCCO/N=C(\C)C(Cc1ccc(OCc2cnn(-c3ccc(C)cc3)c2)cc1)C(=O)O. The summed E-state index contributed by atoms with van der Waals surface area (Å²) in [7, 11) is 0. The van der Waals surface area contributed by atoms with E-state index in [0.29, 0.717) is 31.1 Å². The molecule has 7 heteroatoms. The molecule has 1 N–H and O–H groups in total. The fourth-order valence-electron chi connectivity index (χ4n) is 3.11. The minimum atomic E-state index is -0.919. The highest BCUT2D eigenvalue weighted by Crippen LogP contribution is 2.18. The van der Waals surface area contributed by atoms with Crippen LogP contribution in [-0.4, -0.2) is 33.2 Å². The van der Waals surface area contributed by atoms with Crippen LogP contribution >= 0.6 is 0 Å². The first-order valence-corrected chi connectivity index (χ1v) is 10.7. The van der Waals surface area contributed by atoms with E-state index < -0.39 is 11.9 Å². The third-order valence-corrected chi connectivity index (χ3v) is 5.01. The van der Waals surface area contributed by atoms with Crippen LogP contribution in [0, 0.1) is 12.8 Å². The number of aliphatic carboxylic acids is 1. The number of rotatable bonds is 11. The Morgan fingerprint density at radius 3 is 2.50 bits per heavy atom. The number of benzene rings is 2. The van der Waals surface area contributed by atoms with E-state index in [1.54, 1.807) is 13.1 Å². The Morgan fingerprint density at radius 1 is 1.12 bits per heavy atom. The standard InChI is InChI=1S/C25H29N3O4/c1-4-13-32-27-19(3)24(25(29)30)14-20-7-11-23(12-8-20)31-17-21-15-26-28(16-21)22-9-5-18(2)6-10-22/h5-12,15-16,24H,4,13-14,17H2,1-3H3,(H,29,30)/b27-19+. The Kier molecular flexibility index (Phi) is 8.02. The molecule has 32 heavy (non-hydrogen) atoms. The molecule has 168 valence electrons. The zero-order valence-corrected chi connectivity index (χ0v) is 18.7. The highest BCUT2D eigenvalue weighted by atomic mass is 16.6. The normalized spacial score (nSPS) is 12.4. The monoisotopic (exact) mass is 435 g/mol. The Morgan fingerprint density at radius 2 is 1.84 bits per heavy atom. The molecule has 0 aliphatic heterocycles. The van der Waals surface area contributed by atoms with Gasteiger partial charge in [-0.3, -0.25) is 4.79 Å². The molecule has 1 unspecified atom stereocenters. The van der Waals surface area contributed by atoms with E-state index in [0.717, 1.165) is 23.2 Å². The van der Waals surface area contributed by atoms with Gasteiger partial charge in [0.1, 0.15) is 24.9 Å². The summed E-state index contributed by atoms with van der Waals surface area (Å²) in [5.74, 6) is -0.941. The summed E-state index contributed by atoms with van der Waals surface area (Å²) in [6, 6.07) is 15.6. The first kappa shape index (κ1) is 23.1. The van der Waals surface area contributed by atoms with Gasteiger partial charge >= 0.3 is 5.97 Å². The number of hydrogen-bond donors (Lipinski definition) is 1. The first-order chi connectivity index (χ1) is 15.5. The summed E-state index contributed by atoms with van der Waals surface area (Å²) < 4.78 is 7.69. The fourth-order valence-corrected chi connectivity index (χ4v) is 3.11. The van der Waals surface area contributed by atoms with Gasteiger partial charge in [-0.15, -0.1) is 0 Å². The third-order valence-electron chi connectivity index (χ3n) is 5.01. The van der Waals surface area contributed by atoms with Crippen LogP contribution in [0.25, 0.3) is 5.69 Å². The number of hydrogen-bond acceptors (Lipinski definition) is 5. The van der Waals surface area contributed by atoms with Gasteiger partial charge in [0.2, 0.25) is 0 Å². The van der Waals surface area contributed by atoms with E-state index in [-0.39, 0.29) is 0 Å². The van der Waals surface area contributed by atoms with Crippen molar-refractivity contribution >= 4 is 11.7 Å². The molecule has 0 bridgehead atoms. The van der Waals surface area contributed by atoms with Crippen LogP contribution in [0.2, 0.25) is 0 Å². The Labute approximate surface area is 188 Å². The van der Waals surface area contributed by atoms with Crippen LogP contribution in [0.5, 0.6) is 5.75 Å². The summed E-state index contributed by atoms with van der Waals surface area (Å²) >= 11 is 0. The predicted octanol–water partition coefficient (Wildman–Crippen LogP) is 4.81. The van der Waals surface area contributed by atoms with Gasteiger partial charge in [0.25, 0.3) is 0 Å². The quantitative estimate of drug-likeness (QED) is 0.265. The van der Waals surface area contributed by atoms with Gasteiger partial charge in [-0.1, -0.05) is 41.9 Å². The Hall–Kier alpha value is -3.61. The smallest absolute Gasteiger partial charge is 0.312 e. The molecule has 2 aromatic carbocycles. The molecule has 1 atom stereocenters. The van der Waals surface area contributed by atoms with Crippen molar-refractivity contribution in [3.05, 3.63) is 77.6 Å². The van der Waals surface area contributed by atoms with E-state index in [2.05, 4.69) is 29.3 Å². The van der Waals surface area contributed by atoms with E-state index in [1.807, 2.05) is 54.2 Å². The molecule has 0 radical (unpaired) electrons. The van der Waals surface area contributed by atoms with E-state index in [4.69, 9.17) is 9.57 Å². The Balaban J connectivity index is 1.57. The van der Waals surface area contributed by atoms with Crippen molar-refractivity contribution in [2.24, 2.45) is 11.1 Å². The van der Waals surface area contributed by atoms with Crippen molar-refractivity contribution in [2.75, 3.05) is 6.61 Å². The van der Waals surface area contributed by atoms with Crippen LogP contribution < -0.4 is 4.74 Å². The fraction of sp³-hybridized carbons (Fsp3) is 0.320. The molecule has 3 aromatic rings. The number of aromatic nitrogens is 2. The van der Waals surface area contributed by atoms with Crippen molar-refractivity contribution in [1.82, 2.24) is 9.78 Å². The second-order valence-corrected chi connectivity index (χ2v) is 7.72. The van der Waals surface area contributed by atoms with Crippen LogP contribution in [-0.2, 0) is 22.7 Å². The molecule has 3 rings (SSSR count). The highest BCUT2D eigenvalue weighted by Gasteiger charge is 2.22. The van der Waals surface area contributed by atoms with Crippen LogP contribution in [0.3, 0.4) is 0 Å². The lowest BCUT2D eigenvalue weighted by molar-refractivity contribution is -0.139. The molecule has 0 saturated heterocycles. The average Bonchev–Trinajstić information content (AvgIpc) is 3.26. The average molecular weight is 436 g/mol. The maximum absolute atomic E-state index is 11.7. The van der Waals surface area contributed by atoms with E-state index in [9.17, 15) is 9.90 Å². The summed E-state index contributed by atoms with van der Waals surface area (Å²) in [4.78, 5) is 16.8. The second-order valence-electron chi connectivity index (χ2n) is 7.72. The number of aryl methyl sites for hydroxylation is 1. The van der Waals surface area contributed by atoms with E-state index >= 15 is 0 Å². The van der Waals surface area contributed by atoms with Crippen LogP contribution in [0.15, 0.2) is 66.1 Å². The molecule has 1 aromatic heterocycles. The van der Waals surface area contributed by atoms with Gasteiger partial charge in [0.15, 0.2) is 0 Å². The molecule has 0 fully saturated rings. The molecular formula is C25H29N3O4. The summed E-state index contributed by atoms with van der Waals surface area (Å²) in [6.07, 6.45) is 4.89. The molecule has 0 saturated carbocycles. The lowest BCUT2D eigenvalue weighted by atomic mass is 9.95. The van der Waals surface area contributed by atoms with Crippen molar-refractivity contribution in [3.63, 3.8) is 0 Å². The van der Waals surface area contributed by atoms with Gasteiger partial charge in [-0.05, 0) is 56.5 Å².